The molecule has 0 bridgehead atoms. The topological polar surface area (TPSA) is 85.0 Å². The first-order valence-corrected chi connectivity index (χ1v) is 10.6. The maximum atomic E-state index is 14.4. The largest absolute Gasteiger partial charge is 0.372 e. The molecule has 0 unspecified atom stereocenters. The van der Waals surface area contributed by atoms with Crippen molar-refractivity contribution in [3.63, 3.8) is 0 Å². The zero-order chi connectivity index (χ0) is 22.7. The number of nitrogens with zero attached hydrogens (tertiary/aromatic N) is 5. The molecular weight excluding hydrogens is 407 g/mol. The highest BCUT2D eigenvalue weighted by Crippen LogP contribution is 2.25. The standard InChI is InChI=1S/C23H27FN8/c1-5-32(6-2)17-10-7-15(8-11-17)26-21-18(24)14-25-22(30-21)27-16-9-12-19-20(13-16)29-23(28-19)31(3)4/h7-14H,5-6H2,1-4H3,(H,28,29)(H2,25,26,27,30). The predicted octanol–water partition coefficient (Wildman–Crippen LogP) is 4.89. The first-order valence-electron chi connectivity index (χ1n) is 10.6. The van der Waals surface area contributed by atoms with Gasteiger partial charge in [-0.05, 0) is 56.3 Å². The summed E-state index contributed by atoms with van der Waals surface area (Å²) in [4.78, 5) is 20.3. The molecular formula is C23H27FN8. The summed E-state index contributed by atoms with van der Waals surface area (Å²) in [6.07, 6.45) is 1.15. The summed E-state index contributed by atoms with van der Waals surface area (Å²) in [6.45, 7) is 6.09. The molecule has 4 aromatic rings. The summed E-state index contributed by atoms with van der Waals surface area (Å²) in [7, 11) is 3.85. The van der Waals surface area contributed by atoms with E-state index in [-0.39, 0.29) is 5.82 Å². The number of fused-ring (bicyclic) bond motifs is 1. The quantitative estimate of drug-likeness (QED) is 0.364. The second-order valence-electron chi connectivity index (χ2n) is 7.55. The van der Waals surface area contributed by atoms with Gasteiger partial charge in [-0.3, -0.25) is 0 Å². The van der Waals surface area contributed by atoms with Crippen LogP contribution >= 0.6 is 0 Å². The fourth-order valence-corrected chi connectivity index (χ4v) is 3.41. The van der Waals surface area contributed by atoms with Gasteiger partial charge in [0.15, 0.2) is 11.6 Å². The van der Waals surface area contributed by atoms with Gasteiger partial charge in [0.25, 0.3) is 0 Å². The lowest BCUT2D eigenvalue weighted by molar-refractivity contribution is 0.619. The highest BCUT2D eigenvalue weighted by atomic mass is 19.1. The molecule has 32 heavy (non-hydrogen) atoms. The van der Waals surface area contributed by atoms with Crippen molar-refractivity contribution in [1.82, 2.24) is 19.9 Å². The number of rotatable bonds is 8. The third-order valence-corrected chi connectivity index (χ3v) is 5.15. The zero-order valence-corrected chi connectivity index (χ0v) is 18.6. The Morgan fingerprint density at radius 3 is 2.34 bits per heavy atom. The number of hydrogen-bond donors (Lipinski definition) is 3. The molecule has 9 heteroatoms. The van der Waals surface area contributed by atoms with Crippen molar-refractivity contribution in [3.05, 3.63) is 54.5 Å². The fourth-order valence-electron chi connectivity index (χ4n) is 3.41. The SMILES string of the molecule is CCN(CC)c1ccc(Nc2nc(Nc3ccc4nc(N(C)C)[nH]c4c3)ncc2F)cc1. The molecule has 0 saturated heterocycles. The molecule has 0 aliphatic rings. The average Bonchev–Trinajstić information content (AvgIpc) is 3.22. The van der Waals surface area contributed by atoms with Gasteiger partial charge in [-0.15, -0.1) is 0 Å². The summed E-state index contributed by atoms with van der Waals surface area (Å²) in [6, 6.07) is 13.6. The van der Waals surface area contributed by atoms with Crippen LogP contribution in [-0.4, -0.2) is 47.1 Å². The van der Waals surface area contributed by atoms with Crippen molar-refractivity contribution in [1.29, 1.82) is 0 Å². The molecule has 2 heterocycles. The monoisotopic (exact) mass is 434 g/mol. The fraction of sp³-hybridized carbons (Fsp3) is 0.261. The van der Waals surface area contributed by atoms with Crippen molar-refractivity contribution < 1.29 is 4.39 Å². The number of aromatic nitrogens is 4. The van der Waals surface area contributed by atoms with E-state index < -0.39 is 5.82 Å². The van der Waals surface area contributed by atoms with E-state index in [2.05, 4.69) is 49.3 Å². The van der Waals surface area contributed by atoms with Gasteiger partial charge in [-0.25, -0.2) is 14.4 Å². The predicted molar refractivity (Wildman–Crippen MR) is 129 cm³/mol. The Morgan fingerprint density at radius 1 is 0.938 bits per heavy atom. The molecule has 0 amide bonds. The lowest BCUT2D eigenvalue weighted by Crippen LogP contribution is -2.21. The van der Waals surface area contributed by atoms with Gasteiger partial charge in [0, 0.05) is 44.2 Å². The normalized spacial score (nSPS) is 10.9. The molecule has 0 spiro atoms. The van der Waals surface area contributed by atoms with E-state index in [0.717, 1.165) is 53.3 Å². The summed E-state index contributed by atoms with van der Waals surface area (Å²) >= 11 is 0. The first-order chi connectivity index (χ1) is 15.5. The van der Waals surface area contributed by atoms with E-state index in [9.17, 15) is 4.39 Å². The van der Waals surface area contributed by atoms with Crippen LogP contribution in [0.2, 0.25) is 0 Å². The second kappa shape index (κ2) is 9.09. The van der Waals surface area contributed by atoms with Crippen LogP contribution < -0.4 is 20.4 Å². The smallest absolute Gasteiger partial charge is 0.229 e. The van der Waals surface area contributed by atoms with Crippen LogP contribution in [0.4, 0.5) is 39.2 Å². The number of aromatic amines is 1. The summed E-state index contributed by atoms with van der Waals surface area (Å²) in [5.41, 5.74) is 4.38. The molecule has 4 rings (SSSR count). The van der Waals surface area contributed by atoms with E-state index in [1.165, 1.54) is 0 Å². The minimum atomic E-state index is -0.525. The van der Waals surface area contributed by atoms with Crippen molar-refractivity contribution in [3.8, 4) is 0 Å². The van der Waals surface area contributed by atoms with Crippen molar-refractivity contribution >= 4 is 45.8 Å². The minimum Gasteiger partial charge on any atom is -0.372 e. The third kappa shape index (κ3) is 4.56. The van der Waals surface area contributed by atoms with E-state index in [0.29, 0.717) is 5.95 Å². The van der Waals surface area contributed by atoms with Crippen LogP contribution in [0.3, 0.4) is 0 Å². The Kier molecular flexibility index (Phi) is 6.07. The maximum absolute atomic E-state index is 14.4. The van der Waals surface area contributed by atoms with Gasteiger partial charge < -0.3 is 25.4 Å². The second-order valence-corrected chi connectivity index (χ2v) is 7.55. The van der Waals surface area contributed by atoms with Crippen LogP contribution in [0.5, 0.6) is 0 Å². The lowest BCUT2D eigenvalue weighted by atomic mass is 10.2. The van der Waals surface area contributed by atoms with E-state index in [4.69, 9.17) is 0 Å². The van der Waals surface area contributed by atoms with Crippen LogP contribution in [0, 0.1) is 5.82 Å². The Hall–Kier alpha value is -3.88. The number of benzene rings is 2. The minimum absolute atomic E-state index is 0.107. The number of nitrogens with one attached hydrogen (secondary N) is 3. The zero-order valence-electron chi connectivity index (χ0n) is 18.6. The van der Waals surface area contributed by atoms with Gasteiger partial charge in [0.2, 0.25) is 11.9 Å². The average molecular weight is 435 g/mol. The van der Waals surface area contributed by atoms with Crippen LogP contribution in [0.1, 0.15) is 13.8 Å². The van der Waals surface area contributed by atoms with Gasteiger partial charge in [-0.2, -0.15) is 4.98 Å². The highest BCUT2D eigenvalue weighted by Gasteiger charge is 2.10. The molecule has 2 aromatic heterocycles. The van der Waals surface area contributed by atoms with Crippen LogP contribution in [0.15, 0.2) is 48.7 Å². The molecule has 0 fully saturated rings. The highest BCUT2D eigenvalue weighted by molar-refractivity contribution is 5.82. The number of anilines is 6. The summed E-state index contributed by atoms with van der Waals surface area (Å²) < 4.78 is 14.4. The van der Waals surface area contributed by atoms with Crippen LogP contribution in [0.25, 0.3) is 11.0 Å². The Bertz CT molecular complexity index is 1200. The number of H-pyrrole nitrogens is 1. The van der Waals surface area contributed by atoms with E-state index >= 15 is 0 Å². The number of hydrogen-bond acceptors (Lipinski definition) is 7. The van der Waals surface area contributed by atoms with E-state index in [1.807, 2.05) is 61.5 Å². The molecule has 0 saturated carbocycles. The molecule has 2 aromatic carbocycles. The number of imidazole rings is 1. The van der Waals surface area contributed by atoms with Crippen molar-refractivity contribution in [2.75, 3.05) is 47.6 Å². The Labute approximate surface area is 186 Å². The summed E-state index contributed by atoms with van der Waals surface area (Å²) in [5.74, 6) is 0.646. The van der Waals surface area contributed by atoms with Crippen molar-refractivity contribution in [2.45, 2.75) is 13.8 Å². The first kappa shape index (κ1) is 21.4. The third-order valence-electron chi connectivity index (χ3n) is 5.15. The molecule has 0 aliphatic carbocycles. The van der Waals surface area contributed by atoms with Gasteiger partial charge >= 0.3 is 0 Å². The maximum Gasteiger partial charge on any atom is 0.229 e. The van der Waals surface area contributed by atoms with E-state index in [1.54, 1.807) is 0 Å². The van der Waals surface area contributed by atoms with Gasteiger partial charge in [0.05, 0.1) is 17.2 Å². The molecule has 0 radical (unpaired) electrons. The van der Waals surface area contributed by atoms with Crippen molar-refractivity contribution in [2.24, 2.45) is 0 Å². The lowest BCUT2D eigenvalue weighted by Gasteiger charge is -2.21. The molecule has 0 aliphatic heterocycles. The van der Waals surface area contributed by atoms with Gasteiger partial charge in [0.1, 0.15) is 0 Å². The Morgan fingerprint density at radius 2 is 1.66 bits per heavy atom. The summed E-state index contributed by atoms with van der Waals surface area (Å²) in [5, 5.41) is 6.17. The van der Waals surface area contributed by atoms with Crippen LogP contribution in [-0.2, 0) is 0 Å². The Balaban J connectivity index is 1.52. The van der Waals surface area contributed by atoms with Gasteiger partial charge in [-0.1, -0.05) is 0 Å². The molecule has 166 valence electrons. The molecule has 8 nitrogen and oxygen atoms in total. The molecule has 3 N–H and O–H groups in total. The number of halogens is 1. The molecule has 0 atom stereocenters.